The van der Waals surface area contributed by atoms with Crippen molar-refractivity contribution in [3.63, 3.8) is 0 Å². The lowest BCUT2D eigenvalue weighted by molar-refractivity contribution is -0.00906. The first-order valence-electron chi connectivity index (χ1n) is 5.11. The number of nitrogens with one attached hydrogen (secondary N) is 1. The van der Waals surface area contributed by atoms with Crippen LogP contribution in [-0.4, -0.2) is 38.5 Å². The molecule has 2 N–H and O–H groups in total. The van der Waals surface area contributed by atoms with E-state index in [4.69, 9.17) is 0 Å². The van der Waals surface area contributed by atoms with Crippen molar-refractivity contribution in [2.75, 3.05) is 19.3 Å². The van der Waals surface area contributed by atoms with Gasteiger partial charge in [-0.15, -0.1) is 0 Å². The predicted octanol–water partition coefficient (Wildman–Crippen LogP) is -0.0331. The van der Waals surface area contributed by atoms with Crippen molar-refractivity contribution in [2.45, 2.75) is 16.9 Å². The fraction of sp³-hybridized carbons (Fsp3) is 0.455. The molecule has 0 spiro atoms. The maximum absolute atomic E-state index is 11.4. The number of rotatable bonds is 3. The summed E-state index contributed by atoms with van der Waals surface area (Å²) in [6.07, 6.45) is 1.68. The zero-order valence-electron chi connectivity index (χ0n) is 9.10. The van der Waals surface area contributed by atoms with E-state index in [0.29, 0.717) is 24.4 Å². The summed E-state index contributed by atoms with van der Waals surface area (Å²) in [4.78, 5) is 0.306. The molecule has 0 amide bonds. The highest BCUT2D eigenvalue weighted by Gasteiger charge is 2.34. The molecule has 1 fully saturated rings. The number of benzene rings is 1. The Bertz CT molecular complexity index is 492. The highest BCUT2D eigenvalue weighted by Crippen LogP contribution is 2.20. The molecule has 1 aliphatic heterocycles. The van der Waals surface area contributed by atoms with E-state index in [1.54, 1.807) is 18.2 Å². The molecule has 0 atom stereocenters. The lowest BCUT2D eigenvalue weighted by Gasteiger charge is -2.37. The summed E-state index contributed by atoms with van der Waals surface area (Å²) in [5.74, 6) is 0. The molecule has 1 heterocycles. The van der Waals surface area contributed by atoms with Crippen LogP contribution in [0.5, 0.6) is 0 Å². The second-order valence-electron chi connectivity index (χ2n) is 4.42. The van der Waals surface area contributed by atoms with E-state index in [-0.39, 0.29) is 0 Å². The SMILES string of the molecule is CS(=O)(=O)c1cccc(CC2(O)CNC2)c1. The zero-order valence-corrected chi connectivity index (χ0v) is 9.92. The van der Waals surface area contributed by atoms with Crippen LogP contribution in [0.15, 0.2) is 29.2 Å². The molecule has 0 saturated carbocycles. The molecule has 88 valence electrons. The lowest BCUT2D eigenvalue weighted by Crippen LogP contribution is -2.60. The summed E-state index contributed by atoms with van der Waals surface area (Å²) < 4.78 is 22.7. The molecular weight excluding hydrogens is 226 g/mol. The van der Waals surface area contributed by atoms with Gasteiger partial charge in [-0.2, -0.15) is 0 Å². The quantitative estimate of drug-likeness (QED) is 0.779. The second kappa shape index (κ2) is 3.84. The molecule has 0 bridgehead atoms. The van der Waals surface area contributed by atoms with Gasteiger partial charge in [-0.05, 0) is 17.7 Å². The Morgan fingerprint density at radius 3 is 2.62 bits per heavy atom. The van der Waals surface area contributed by atoms with Crippen LogP contribution in [0.1, 0.15) is 5.56 Å². The fourth-order valence-electron chi connectivity index (χ4n) is 1.80. The van der Waals surface area contributed by atoms with Gasteiger partial charge in [0.15, 0.2) is 9.84 Å². The van der Waals surface area contributed by atoms with Gasteiger partial charge < -0.3 is 10.4 Å². The molecule has 1 saturated heterocycles. The van der Waals surface area contributed by atoms with Crippen LogP contribution in [-0.2, 0) is 16.3 Å². The summed E-state index contributed by atoms with van der Waals surface area (Å²) >= 11 is 0. The van der Waals surface area contributed by atoms with Crippen LogP contribution < -0.4 is 5.32 Å². The van der Waals surface area contributed by atoms with Gasteiger partial charge in [-0.25, -0.2) is 8.42 Å². The molecule has 1 aromatic rings. The van der Waals surface area contributed by atoms with E-state index in [0.717, 1.165) is 5.56 Å². The Hall–Kier alpha value is -0.910. The summed E-state index contributed by atoms with van der Waals surface area (Å²) in [5.41, 5.74) is 0.141. The van der Waals surface area contributed by atoms with Gasteiger partial charge in [-0.3, -0.25) is 0 Å². The highest BCUT2D eigenvalue weighted by atomic mass is 32.2. The number of sulfone groups is 1. The maximum Gasteiger partial charge on any atom is 0.175 e. The van der Waals surface area contributed by atoms with Crippen LogP contribution >= 0.6 is 0 Å². The molecule has 1 aliphatic rings. The molecule has 0 radical (unpaired) electrons. The van der Waals surface area contributed by atoms with E-state index < -0.39 is 15.4 Å². The minimum Gasteiger partial charge on any atom is -0.387 e. The molecule has 16 heavy (non-hydrogen) atoms. The van der Waals surface area contributed by atoms with Crippen LogP contribution in [0.4, 0.5) is 0 Å². The molecule has 1 aromatic carbocycles. The predicted molar refractivity (Wildman–Crippen MR) is 61.1 cm³/mol. The zero-order chi connectivity index (χ0) is 11.8. The lowest BCUT2D eigenvalue weighted by atomic mass is 9.89. The Morgan fingerprint density at radius 1 is 1.44 bits per heavy atom. The smallest absolute Gasteiger partial charge is 0.175 e. The van der Waals surface area contributed by atoms with Crippen molar-refractivity contribution in [2.24, 2.45) is 0 Å². The Balaban J connectivity index is 2.23. The summed E-state index contributed by atoms with van der Waals surface area (Å²) in [5, 5.41) is 12.9. The van der Waals surface area contributed by atoms with Crippen molar-refractivity contribution in [3.8, 4) is 0 Å². The fourth-order valence-corrected chi connectivity index (χ4v) is 2.50. The topological polar surface area (TPSA) is 66.4 Å². The molecule has 0 aromatic heterocycles. The van der Waals surface area contributed by atoms with E-state index in [9.17, 15) is 13.5 Å². The third-order valence-electron chi connectivity index (χ3n) is 2.77. The standard InChI is InChI=1S/C11H15NO3S/c1-16(14,15)10-4-2-3-9(5-10)6-11(13)7-12-8-11/h2-5,12-13H,6-8H2,1H3. The van der Waals surface area contributed by atoms with Crippen molar-refractivity contribution in [3.05, 3.63) is 29.8 Å². The van der Waals surface area contributed by atoms with Crippen LogP contribution in [0.25, 0.3) is 0 Å². The van der Waals surface area contributed by atoms with E-state index in [2.05, 4.69) is 5.32 Å². The Kier molecular flexibility index (Phi) is 2.77. The number of β-amino-alcohol motifs (C(OH)–C–C–N with tert-alkyl or cyclic N) is 1. The molecule has 0 unspecified atom stereocenters. The van der Waals surface area contributed by atoms with Crippen molar-refractivity contribution >= 4 is 9.84 Å². The first-order valence-corrected chi connectivity index (χ1v) is 7.00. The maximum atomic E-state index is 11.4. The van der Waals surface area contributed by atoms with Crippen LogP contribution in [0.3, 0.4) is 0 Å². The van der Waals surface area contributed by atoms with Crippen molar-refractivity contribution in [1.82, 2.24) is 5.32 Å². The van der Waals surface area contributed by atoms with Crippen LogP contribution in [0, 0.1) is 0 Å². The first kappa shape index (κ1) is 11.6. The Labute approximate surface area is 95.2 Å². The van der Waals surface area contributed by atoms with E-state index in [1.165, 1.54) is 6.26 Å². The Morgan fingerprint density at radius 2 is 2.12 bits per heavy atom. The first-order chi connectivity index (χ1) is 7.39. The van der Waals surface area contributed by atoms with Crippen molar-refractivity contribution in [1.29, 1.82) is 0 Å². The molecule has 2 rings (SSSR count). The summed E-state index contributed by atoms with van der Waals surface area (Å²) in [6.45, 7) is 1.13. The number of hydrogen-bond acceptors (Lipinski definition) is 4. The summed E-state index contributed by atoms with van der Waals surface area (Å²) in [6, 6.07) is 6.75. The molecule has 0 aliphatic carbocycles. The van der Waals surface area contributed by atoms with E-state index >= 15 is 0 Å². The van der Waals surface area contributed by atoms with Gasteiger partial charge in [0.1, 0.15) is 0 Å². The second-order valence-corrected chi connectivity index (χ2v) is 6.44. The molecule has 4 nitrogen and oxygen atoms in total. The normalized spacial score (nSPS) is 19.1. The van der Waals surface area contributed by atoms with Gasteiger partial charge in [0.05, 0.1) is 10.5 Å². The minimum absolute atomic E-state index is 0.306. The average Bonchev–Trinajstić information content (AvgIpc) is 2.14. The number of hydrogen-bond donors (Lipinski definition) is 2. The van der Waals surface area contributed by atoms with Gasteiger partial charge in [0.25, 0.3) is 0 Å². The minimum atomic E-state index is -3.17. The van der Waals surface area contributed by atoms with E-state index in [1.807, 2.05) is 6.07 Å². The van der Waals surface area contributed by atoms with Gasteiger partial charge in [0.2, 0.25) is 0 Å². The van der Waals surface area contributed by atoms with Crippen LogP contribution in [0.2, 0.25) is 0 Å². The summed E-state index contributed by atoms with van der Waals surface area (Å²) in [7, 11) is -3.17. The third kappa shape index (κ3) is 2.42. The van der Waals surface area contributed by atoms with Gasteiger partial charge in [0, 0.05) is 25.8 Å². The van der Waals surface area contributed by atoms with Crippen molar-refractivity contribution < 1.29 is 13.5 Å². The molecule has 5 heteroatoms. The average molecular weight is 241 g/mol. The molecular formula is C11H15NO3S. The highest BCUT2D eigenvalue weighted by molar-refractivity contribution is 7.90. The monoisotopic (exact) mass is 241 g/mol. The largest absolute Gasteiger partial charge is 0.387 e. The van der Waals surface area contributed by atoms with Gasteiger partial charge >= 0.3 is 0 Å². The van der Waals surface area contributed by atoms with Gasteiger partial charge in [-0.1, -0.05) is 12.1 Å². The number of aliphatic hydroxyl groups is 1. The third-order valence-corrected chi connectivity index (χ3v) is 3.88.